The molecular formula is C32H31N9O2. The first-order valence-corrected chi connectivity index (χ1v) is 14.2. The molecule has 43 heavy (non-hydrogen) atoms. The predicted molar refractivity (Wildman–Crippen MR) is 160 cm³/mol. The van der Waals surface area contributed by atoms with Gasteiger partial charge in [-0.25, -0.2) is 24.5 Å². The fraction of sp³-hybridized carbons (Fsp3) is 0.312. The highest BCUT2D eigenvalue weighted by molar-refractivity contribution is 5.87. The van der Waals surface area contributed by atoms with Crippen molar-refractivity contribution in [1.82, 2.24) is 34.4 Å². The highest BCUT2D eigenvalue weighted by Gasteiger charge is 2.44. The lowest BCUT2D eigenvalue weighted by Gasteiger charge is -2.56. The van der Waals surface area contributed by atoms with E-state index in [1.165, 1.54) is 12.0 Å². The molecule has 3 aliphatic heterocycles. The molecule has 1 N–H and O–H groups in total. The third-order valence-corrected chi connectivity index (χ3v) is 8.45. The van der Waals surface area contributed by atoms with Crippen molar-refractivity contribution in [2.75, 3.05) is 25.1 Å². The van der Waals surface area contributed by atoms with E-state index < -0.39 is 5.60 Å². The lowest BCUT2D eigenvalue weighted by atomic mass is 9.87. The smallest absolute Gasteiger partial charge is 0.212 e. The van der Waals surface area contributed by atoms with Crippen LogP contribution in [0, 0.1) is 11.3 Å². The molecule has 5 aromatic heterocycles. The fourth-order valence-corrected chi connectivity index (χ4v) is 6.04. The van der Waals surface area contributed by atoms with E-state index in [4.69, 9.17) is 9.72 Å². The molecule has 8 rings (SSSR count). The third kappa shape index (κ3) is 4.94. The van der Waals surface area contributed by atoms with Crippen molar-refractivity contribution in [3.63, 3.8) is 0 Å². The van der Waals surface area contributed by atoms with Gasteiger partial charge in [-0.3, -0.25) is 4.90 Å². The van der Waals surface area contributed by atoms with Gasteiger partial charge < -0.3 is 14.7 Å². The van der Waals surface area contributed by atoms with E-state index in [1.54, 1.807) is 44.1 Å². The Morgan fingerprint density at radius 2 is 1.77 bits per heavy atom. The first-order chi connectivity index (χ1) is 20.8. The number of anilines is 1. The van der Waals surface area contributed by atoms with Crippen LogP contribution in [-0.2, 0) is 12.1 Å². The molecule has 3 fully saturated rings. The number of piperidine rings is 1. The minimum absolute atomic E-state index is 0.478. The van der Waals surface area contributed by atoms with E-state index >= 15 is 0 Å². The zero-order valence-corrected chi connectivity index (χ0v) is 24.2. The summed E-state index contributed by atoms with van der Waals surface area (Å²) in [6, 6.07) is 13.3. The number of hydrogen-bond acceptors (Lipinski definition) is 10. The predicted octanol–water partition coefficient (Wildman–Crippen LogP) is 3.82. The van der Waals surface area contributed by atoms with Crippen molar-refractivity contribution >= 4 is 11.3 Å². The van der Waals surface area contributed by atoms with E-state index in [0.717, 1.165) is 42.1 Å². The second kappa shape index (κ2) is 10.4. The summed E-state index contributed by atoms with van der Waals surface area (Å²) in [6.45, 7) is 6.12. The van der Waals surface area contributed by atoms with Gasteiger partial charge in [0, 0.05) is 91.0 Å². The minimum Gasteiger partial charge on any atom is -0.481 e. The minimum atomic E-state index is -1.04. The molecule has 3 saturated heterocycles. The summed E-state index contributed by atoms with van der Waals surface area (Å²) in [6.07, 6.45) is 11.6. The number of piperazine rings is 1. The topological polar surface area (TPSA) is 129 Å². The fourth-order valence-electron chi connectivity index (χ4n) is 6.04. The van der Waals surface area contributed by atoms with Crippen LogP contribution in [0.2, 0.25) is 0 Å². The van der Waals surface area contributed by atoms with Crippen LogP contribution in [0.4, 0.5) is 5.82 Å². The number of rotatable bonds is 7. The van der Waals surface area contributed by atoms with Gasteiger partial charge in [0.1, 0.15) is 11.9 Å². The van der Waals surface area contributed by atoms with Crippen LogP contribution in [0.3, 0.4) is 0 Å². The summed E-state index contributed by atoms with van der Waals surface area (Å²) in [5.41, 5.74) is 4.40. The van der Waals surface area contributed by atoms with E-state index in [-0.39, 0.29) is 0 Å². The molecule has 3 aliphatic rings. The molecule has 11 heteroatoms. The highest BCUT2D eigenvalue weighted by Crippen LogP contribution is 2.36. The Kier molecular flexibility index (Phi) is 6.53. The Labute approximate surface area is 249 Å². The van der Waals surface area contributed by atoms with Crippen molar-refractivity contribution < 1.29 is 9.84 Å². The second-order valence-electron chi connectivity index (χ2n) is 11.7. The molecule has 2 atom stereocenters. The van der Waals surface area contributed by atoms with Crippen LogP contribution in [0.5, 0.6) is 5.88 Å². The monoisotopic (exact) mass is 573 g/mol. The first-order valence-electron chi connectivity index (χ1n) is 14.2. The molecule has 0 amide bonds. The van der Waals surface area contributed by atoms with E-state index in [0.29, 0.717) is 40.4 Å². The maximum absolute atomic E-state index is 10.3. The van der Waals surface area contributed by atoms with E-state index in [1.807, 2.05) is 30.7 Å². The van der Waals surface area contributed by atoms with Gasteiger partial charge in [0.15, 0.2) is 5.82 Å². The number of fused-ring (bicyclic) bond motifs is 3. The Morgan fingerprint density at radius 1 is 0.977 bits per heavy atom. The molecule has 2 bridgehead atoms. The summed E-state index contributed by atoms with van der Waals surface area (Å²) in [4.78, 5) is 23.1. The summed E-state index contributed by atoms with van der Waals surface area (Å²) in [5.74, 6) is 2.07. The third-order valence-electron chi connectivity index (χ3n) is 8.45. The number of aromatic nitrogens is 6. The lowest BCUT2D eigenvalue weighted by molar-refractivity contribution is -0.00876. The van der Waals surface area contributed by atoms with Crippen LogP contribution in [0.1, 0.15) is 37.0 Å². The molecular weight excluding hydrogens is 542 g/mol. The number of hydrogen-bond donors (Lipinski definition) is 1. The lowest BCUT2D eigenvalue weighted by Crippen LogP contribution is -2.68. The number of ether oxygens (including phenoxy) is 1. The summed E-state index contributed by atoms with van der Waals surface area (Å²) >= 11 is 0. The zero-order valence-electron chi connectivity index (χ0n) is 24.2. The average molecular weight is 574 g/mol. The quantitative estimate of drug-likeness (QED) is 0.307. The van der Waals surface area contributed by atoms with Crippen LogP contribution < -0.4 is 9.64 Å². The Bertz CT molecular complexity index is 1810. The Balaban J connectivity index is 1.13. The van der Waals surface area contributed by atoms with Gasteiger partial charge in [0.25, 0.3) is 0 Å². The maximum atomic E-state index is 10.3. The largest absolute Gasteiger partial charge is 0.481 e. The maximum Gasteiger partial charge on any atom is 0.212 e. The zero-order chi connectivity index (χ0) is 29.7. The van der Waals surface area contributed by atoms with Gasteiger partial charge in [-0.05, 0) is 44.0 Å². The number of pyridine rings is 3. The number of methoxy groups -OCH3 is 1. The van der Waals surface area contributed by atoms with Gasteiger partial charge in [0.2, 0.25) is 5.88 Å². The van der Waals surface area contributed by atoms with Crippen molar-refractivity contribution in [2.24, 2.45) is 0 Å². The second-order valence-corrected chi connectivity index (χ2v) is 11.7. The van der Waals surface area contributed by atoms with Crippen molar-refractivity contribution in [3.8, 4) is 34.5 Å². The molecule has 5 aromatic rings. The first kappa shape index (κ1) is 26.9. The van der Waals surface area contributed by atoms with Crippen molar-refractivity contribution in [1.29, 1.82) is 5.26 Å². The molecule has 2 unspecified atom stereocenters. The van der Waals surface area contributed by atoms with Gasteiger partial charge in [-0.15, -0.1) is 0 Å². The van der Waals surface area contributed by atoms with E-state index in [9.17, 15) is 10.4 Å². The van der Waals surface area contributed by atoms with Crippen molar-refractivity contribution in [2.45, 2.75) is 44.5 Å². The van der Waals surface area contributed by atoms with Crippen molar-refractivity contribution in [3.05, 3.63) is 84.2 Å². The summed E-state index contributed by atoms with van der Waals surface area (Å²) in [7, 11) is 1.63. The van der Waals surface area contributed by atoms with Crippen LogP contribution in [-0.4, -0.2) is 71.8 Å². The van der Waals surface area contributed by atoms with Gasteiger partial charge in [-0.2, -0.15) is 10.4 Å². The molecule has 0 aliphatic carbocycles. The standard InChI is InChI=1S/C32H31N9O2/c1-32(2,42)24-14-36-31(37-15-24)22-8-27(30-23(10-33)13-38-41(30)17-22)21-5-6-28(34-12-21)39-18-25-9-26(19-39)40(25)16-20-4-7-29(43-3)35-11-20/h4-8,11-15,17,25-26,42H,9,16,18-19H2,1-3H3. The number of nitriles is 1. The molecule has 0 saturated carbocycles. The molecule has 11 nitrogen and oxygen atoms in total. The van der Waals surface area contributed by atoms with Crippen LogP contribution in [0.15, 0.2) is 67.5 Å². The molecule has 216 valence electrons. The average Bonchev–Trinajstić information content (AvgIpc) is 3.46. The normalized spacial score (nSPS) is 18.3. The van der Waals surface area contributed by atoms with Gasteiger partial charge in [-0.1, -0.05) is 6.07 Å². The SMILES string of the molecule is COc1ccc(CN2C3CC2CN(c2ccc(-c4cc(-c5ncc(C(C)(C)O)cn5)cn5ncc(C#N)c45)cn2)C3)cn1. The molecule has 0 spiro atoms. The molecule has 8 heterocycles. The van der Waals surface area contributed by atoms with Crippen LogP contribution in [0.25, 0.3) is 28.0 Å². The van der Waals surface area contributed by atoms with Gasteiger partial charge >= 0.3 is 0 Å². The Morgan fingerprint density at radius 3 is 2.40 bits per heavy atom. The summed E-state index contributed by atoms with van der Waals surface area (Å²) < 4.78 is 6.88. The van der Waals surface area contributed by atoms with E-state index in [2.05, 4.69) is 54.1 Å². The highest BCUT2D eigenvalue weighted by atomic mass is 16.5. The Hall–Kier alpha value is -4.92. The molecule has 0 aromatic carbocycles. The molecule has 0 radical (unpaired) electrons. The van der Waals surface area contributed by atoms with Gasteiger partial charge in [0.05, 0.1) is 30.0 Å². The summed E-state index contributed by atoms with van der Waals surface area (Å²) in [5, 5.41) is 24.5. The number of aliphatic hydroxyl groups is 1. The van der Waals surface area contributed by atoms with Crippen LogP contribution >= 0.6 is 0 Å². The number of nitrogens with zero attached hydrogens (tertiary/aromatic N) is 9.